The fourth-order valence-electron chi connectivity index (χ4n) is 2.35. The molecular weight excluding hydrogens is 184 g/mol. The Kier molecular flexibility index (Phi) is 4.60. The van der Waals surface area contributed by atoms with Crippen molar-refractivity contribution in [2.75, 3.05) is 13.1 Å². The molecule has 2 nitrogen and oxygen atoms in total. The third kappa shape index (κ3) is 4.52. The van der Waals surface area contributed by atoms with Gasteiger partial charge in [-0.1, -0.05) is 6.42 Å². The van der Waals surface area contributed by atoms with Gasteiger partial charge in [0.25, 0.3) is 0 Å². The van der Waals surface area contributed by atoms with E-state index in [1.165, 1.54) is 25.8 Å². The fourth-order valence-corrected chi connectivity index (χ4v) is 2.35. The van der Waals surface area contributed by atoms with Crippen LogP contribution in [0.25, 0.3) is 0 Å². The molecule has 1 atom stereocenters. The van der Waals surface area contributed by atoms with Crippen LogP contribution in [0.4, 0.5) is 0 Å². The van der Waals surface area contributed by atoms with Gasteiger partial charge in [-0.3, -0.25) is 4.90 Å². The molecule has 1 saturated heterocycles. The first-order valence-corrected chi connectivity index (χ1v) is 6.41. The van der Waals surface area contributed by atoms with Gasteiger partial charge >= 0.3 is 0 Å². The molecule has 15 heavy (non-hydrogen) atoms. The maximum absolute atomic E-state index is 3.63. The van der Waals surface area contributed by atoms with E-state index in [9.17, 15) is 0 Å². The molecule has 0 aliphatic carbocycles. The minimum atomic E-state index is 0.250. The van der Waals surface area contributed by atoms with Crippen LogP contribution in [-0.2, 0) is 0 Å². The van der Waals surface area contributed by atoms with Gasteiger partial charge in [-0.05, 0) is 54.0 Å². The molecule has 2 heteroatoms. The summed E-state index contributed by atoms with van der Waals surface area (Å²) in [5, 5.41) is 3.63. The molecule has 0 radical (unpaired) electrons. The first-order valence-electron chi connectivity index (χ1n) is 6.41. The Morgan fingerprint density at radius 1 is 1.27 bits per heavy atom. The van der Waals surface area contributed by atoms with Crippen molar-refractivity contribution in [3.63, 3.8) is 0 Å². The Morgan fingerprint density at radius 3 is 2.47 bits per heavy atom. The van der Waals surface area contributed by atoms with Gasteiger partial charge in [0.05, 0.1) is 0 Å². The molecule has 1 aliphatic heterocycles. The second kappa shape index (κ2) is 5.31. The molecule has 1 unspecified atom stereocenters. The largest absolute Gasteiger partial charge is 0.311 e. The summed E-state index contributed by atoms with van der Waals surface area (Å²) in [5.41, 5.74) is 0.250. The van der Waals surface area contributed by atoms with Crippen LogP contribution in [0, 0.1) is 0 Å². The Hall–Kier alpha value is -0.0800. The van der Waals surface area contributed by atoms with E-state index >= 15 is 0 Å². The van der Waals surface area contributed by atoms with E-state index in [2.05, 4.69) is 44.8 Å². The van der Waals surface area contributed by atoms with E-state index < -0.39 is 0 Å². The lowest BCUT2D eigenvalue weighted by atomic mass is 9.99. The van der Waals surface area contributed by atoms with Crippen LogP contribution in [0.15, 0.2) is 0 Å². The minimum Gasteiger partial charge on any atom is -0.311 e. The molecule has 0 aromatic rings. The van der Waals surface area contributed by atoms with Gasteiger partial charge in [0.15, 0.2) is 0 Å². The highest BCUT2D eigenvalue weighted by Crippen LogP contribution is 2.19. The molecule has 0 aromatic heterocycles. The van der Waals surface area contributed by atoms with Crippen LogP contribution in [-0.4, -0.2) is 35.6 Å². The van der Waals surface area contributed by atoms with E-state index in [-0.39, 0.29) is 5.54 Å². The van der Waals surface area contributed by atoms with Crippen LogP contribution in [0.2, 0.25) is 0 Å². The van der Waals surface area contributed by atoms with Crippen LogP contribution in [0.5, 0.6) is 0 Å². The average molecular weight is 212 g/mol. The fraction of sp³-hybridized carbons (Fsp3) is 1.00. The smallest absolute Gasteiger partial charge is 0.0223 e. The Labute approximate surface area is 95.4 Å². The summed E-state index contributed by atoms with van der Waals surface area (Å²) >= 11 is 0. The standard InChI is InChI=1S/C13H28N2/c1-11(2)15-9-7-6-8-12(15)10-14-13(3,4)5/h11-12,14H,6-10H2,1-5H3. The Balaban J connectivity index is 2.43. The quantitative estimate of drug-likeness (QED) is 0.773. The zero-order valence-electron chi connectivity index (χ0n) is 11.1. The maximum atomic E-state index is 3.63. The summed E-state index contributed by atoms with van der Waals surface area (Å²) in [6.45, 7) is 13.8. The van der Waals surface area contributed by atoms with Gasteiger partial charge in [-0.15, -0.1) is 0 Å². The number of piperidine rings is 1. The monoisotopic (exact) mass is 212 g/mol. The third-order valence-electron chi connectivity index (χ3n) is 3.20. The van der Waals surface area contributed by atoms with Crippen molar-refractivity contribution in [2.45, 2.75) is 71.5 Å². The number of likely N-dealkylation sites (tertiary alicyclic amines) is 1. The predicted molar refractivity (Wildman–Crippen MR) is 67.2 cm³/mol. The second-order valence-corrected chi connectivity index (χ2v) is 6.11. The predicted octanol–water partition coefficient (Wildman–Crippen LogP) is 2.64. The van der Waals surface area contributed by atoms with Crippen LogP contribution >= 0.6 is 0 Å². The van der Waals surface area contributed by atoms with E-state index in [1.54, 1.807) is 0 Å². The van der Waals surface area contributed by atoms with Crippen LogP contribution in [0.1, 0.15) is 53.9 Å². The van der Waals surface area contributed by atoms with Crippen molar-refractivity contribution in [2.24, 2.45) is 0 Å². The summed E-state index contributed by atoms with van der Waals surface area (Å²) in [7, 11) is 0. The Bertz CT molecular complexity index is 181. The molecule has 1 aliphatic rings. The molecule has 1 heterocycles. The number of hydrogen-bond donors (Lipinski definition) is 1. The van der Waals surface area contributed by atoms with E-state index in [0.29, 0.717) is 6.04 Å². The van der Waals surface area contributed by atoms with Crippen molar-refractivity contribution in [3.05, 3.63) is 0 Å². The molecule has 0 aromatic carbocycles. The van der Waals surface area contributed by atoms with Crippen molar-refractivity contribution in [3.8, 4) is 0 Å². The zero-order valence-corrected chi connectivity index (χ0v) is 11.1. The average Bonchev–Trinajstić information content (AvgIpc) is 2.14. The number of rotatable bonds is 3. The summed E-state index contributed by atoms with van der Waals surface area (Å²) in [6.07, 6.45) is 4.14. The highest BCUT2D eigenvalue weighted by Gasteiger charge is 2.25. The van der Waals surface area contributed by atoms with Crippen molar-refractivity contribution >= 4 is 0 Å². The topological polar surface area (TPSA) is 15.3 Å². The summed E-state index contributed by atoms with van der Waals surface area (Å²) in [5.74, 6) is 0. The van der Waals surface area contributed by atoms with Gasteiger partial charge in [-0.2, -0.15) is 0 Å². The summed E-state index contributed by atoms with van der Waals surface area (Å²) < 4.78 is 0. The van der Waals surface area contributed by atoms with Crippen molar-refractivity contribution in [1.29, 1.82) is 0 Å². The molecule has 0 saturated carbocycles. The van der Waals surface area contributed by atoms with Gasteiger partial charge in [0.1, 0.15) is 0 Å². The summed E-state index contributed by atoms with van der Waals surface area (Å²) in [4.78, 5) is 2.66. The number of hydrogen-bond acceptors (Lipinski definition) is 2. The first kappa shape index (κ1) is 13.0. The summed E-state index contributed by atoms with van der Waals surface area (Å²) in [6, 6.07) is 1.44. The maximum Gasteiger partial charge on any atom is 0.0223 e. The van der Waals surface area contributed by atoms with E-state index in [0.717, 1.165) is 12.6 Å². The SMILES string of the molecule is CC(C)N1CCCCC1CNC(C)(C)C. The van der Waals surface area contributed by atoms with Crippen molar-refractivity contribution < 1.29 is 0 Å². The molecule has 0 bridgehead atoms. The zero-order chi connectivity index (χ0) is 11.5. The molecule has 1 N–H and O–H groups in total. The Morgan fingerprint density at radius 2 is 1.93 bits per heavy atom. The lowest BCUT2D eigenvalue weighted by Crippen LogP contribution is -2.51. The lowest BCUT2D eigenvalue weighted by Gasteiger charge is -2.40. The molecule has 1 rings (SSSR count). The number of nitrogens with one attached hydrogen (secondary N) is 1. The molecule has 90 valence electrons. The van der Waals surface area contributed by atoms with Gasteiger partial charge in [0.2, 0.25) is 0 Å². The van der Waals surface area contributed by atoms with Crippen molar-refractivity contribution in [1.82, 2.24) is 10.2 Å². The highest BCUT2D eigenvalue weighted by atomic mass is 15.2. The minimum absolute atomic E-state index is 0.250. The molecular formula is C13H28N2. The van der Waals surface area contributed by atoms with Crippen LogP contribution in [0.3, 0.4) is 0 Å². The molecule has 0 spiro atoms. The van der Waals surface area contributed by atoms with Crippen LogP contribution < -0.4 is 5.32 Å². The normalized spacial score (nSPS) is 24.8. The second-order valence-electron chi connectivity index (χ2n) is 6.11. The van der Waals surface area contributed by atoms with Gasteiger partial charge < -0.3 is 5.32 Å². The lowest BCUT2D eigenvalue weighted by molar-refractivity contribution is 0.105. The van der Waals surface area contributed by atoms with Gasteiger partial charge in [-0.25, -0.2) is 0 Å². The van der Waals surface area contributed by atoms with E-state index in [1.807, 2.05) is 0 Å². The first-order chi connectivity index (χ1) is 6.90. The molecule has 1 fully saturated rings. The van der Waals surface area contributed by atoms with E-state index in [4.69, 9.17) is 0 Å². The van der Waals surface area contributed by atoms with Gasteiger partial charge in [0, 0.05) is 24.2 Å². The third-order valence-corrected chi connectivity index (χ3v) is 3.20. The molecule has 0 amide bonds. The highest BCUT2D eigenvalue weighted by molar-refractivity contribution is 4.83. The number of nitrogens with zero attached hydrogens (tertiary/aromatic N) is 1.